The predicted octanol–water partition coefficient (Wildman–Crippen LogP) is 4.28. The van der Waals surface area contributed by atoms with Crippen LogP contribution in [0.15, 0.2) is 55.1 Å². The molecule has 0 unspecified atom stereocenters. The normalized spacial score (nSPS) is 16.6. The molecule has 168 valence electrons. The van der Waals surface area contributed by atoms with E-state index in [1.807, 2.05) is 18.2 Å². The number of benzene rings is 2. The van der Waals surface area contributed by atoms with Crippen LogP contribution in [0.5, 0.6) is 0 Å². The number of hydrogen-bond acceptors (Lipinski definition) is 4. The van der Waals surface area contributed by atoms with E-state index in [2.05, 4.69) is 16.9 Å². The number of amides is 1. The van der Waals surface area contributed by atoms with Gasteiger partial charge in [0.1, 0.15) is 5.82 Å². The third kappa shape index (κ3) is 3.63. The zero-order chi connectivity index (χ0) is 23.3. The van der Waals surface area contributed by atoms with E-state index in [4.69, 9.17) is 5.73 Å². The molecule has 2 aliphatic rings. The van der Waals surface area contributed by atoms with Crippen molar-refractivity contribution in [2.24, 2.45) is 0 Å². The molecule has 2 aromatic carbocycles. The van der Waals surface area contributed by atoms with E-state index in [1.54, 1.807) is 30.3 Å². The van der Waals surface area contributed by atoms with Crippen LogP contribution in [0.2, 0.25) is 0 Å². The number of halogens is 2. The van der Waals surface area contributed by atoms with Gasteiger partial charge in [-0.2, -0.15) is 4.39 Å². The van der Waals surface area contributed by atoms with Crippen LogP contribution in [0.4, 0.5) is 14.6 Å². The van der Waals surface area contributed by atoms with Gasteiger partial charge in [0.2, 0.25) is 11.9 Å². The molecule has 1 saturated heterocycles. The molecule has 1 aromatic heterocycles. The van der Waals surface area contributed by atoms with Crippen molar-refractivity contribution in [2.45, 2.75) is 19.0 Å². The van der Waals surface area contributed by atoms with E-state index >= 15 is 4.39 Å². The number of alkyl halides is 1. The number of aromatic nitrogens is 1. The van der Waals surface area contributed by atoms with Gasteiger partial charge in [-0.3, -0.25) is 4.79 Å². The van der Waals surface area contributed by atoms with Crippen molar-refractivity contribution in [1.29, 1.82) is 0 Å². The molecule has 5 nitrogen and oxygen atoms in total. The van der Waals surface area contributed by atoms with Crippen LogP contribution < -0.4 is 11.1 Å². The summed E-state index contributed by atoms with van der Waals surface area (Å²) in [5, 5.41) is 3.25. The Morgan fingerprint density at radius 3 is 2.48 bits per heavy atom. The molecule has 3 aromatic rings. The summed E-state index contributed by atoms with van der Waals surface area (Å²) < 4.78 is 29.8. The Labute approximate surface area is 190 Å². The van der Waals surface area contributed by atoms with Gasteiger partial charge in [-0.15, -0.1) is 0 Å². The van der Waals surface area contributed by atoms with Crippen molar-refractivity contribution < 1.29 is 13.6 Å². The predicted molar refractivity (Wildman–Crippen MR) is 125 cm³/mol. The number of carbonyl (C=O) groups excluding carboxylic acids is 1. The summed E-state index contributed by atoms with van der Waals surface area (Å²) in [6.07, 6.45) is 0.858. The maximum atomic E-state index is 15.1. The minimum atomic E-state index is -1.57. The van der Waals surface area contributed by atoms with Crippen molar-refractivity contribution in [3.05, 3.63) is 77.7 Å². The molecular formula is C26H24F2N4O. The first kappa shape index (κ1) is 21.1. The summed E-state index contributed by atoms with van der Waals surface area (Å²) in [5.41, 5.74) is 10.4. The number of carbonyl (C=O) groups is 1. The molecule has 1 amide bonds. The zero-order valence-electron chi connectivity index (χ0n) is 18.3. The highest BCUT2D eigenvalue weighted by molar-refractivity contribution is 5.81. The average Bonchev–Trinajstić information content (AvgIpc) is 2.77. The summed E-state index contributed by atoms with van der Waals surface area (Å²) in [6.45, 7) is 6.34. The molecule has 0 saturated carbocycles. The number of nitrogens with zero attached hydrogens (tertiary/aromatic N) is 2. The smallest absolute Gasteiger partial charge is 0.222 e. The van der Waals surface area contributed by atoms with Gasteiger partial charge in [0, 0.05) is 35.9 Å². The second-order valence-electron chi connectivity index (χ2n) is 8.70. The largest absolute Gasteiger partial charge is 0.385 e. The Bertz CT molecular complexity index is 1280. The third-order valence-electron chi connectivity index (χ3n) is 6.52. The minimum Gasteiger partial charge on any atom is -0.385 e. The van der Waals surface area contributed by atoms with E-state index < -0.39 is 11.6 Å². The van der Waals surface area contributed by atoms with Crippen molar-refractivity contribution in [3.63, 3.8) is 0 Å². The monoisotopic (exact) mass is 446 g/mol. The van der Waals surface area contributed by atoms with Crippen LogP contribution in [0, 0.1) is 5.95 Å². The molecule has 0 atom stereocenters. The number of pyridine rings is 1. The van der Waals surface area contributed by atoms with Crippen LogP contribution in [-0.2, 0) is 16.9 Å². The molecule has 33 heavy (non-hydrogen) atoms. The molecule has 2 aliphatic heterocycles. The summed E-state index contributed by atoms with van der Waals surface area (Å²) in [6, 6.07) is 14.3. The topological polar surface area (TPSA) is 71.2 Å². The number of nitrogens with two attached hydrogens (primary N) is 1. The van der Waals surface area contributed by atoms with Crippen molar-refractivity contribution >= 4 is 17.4 Å². The third-order valence-corrected chi connectivity index (χ3v) is 6.52. The van der Waals surface area contributed by atoms with Crippen LogP contribution in [0.3, 0.4) is 0 Å². The minimum absolute atomic E-state index is 0.0316. The Balaban J connectivity index is 1.47. The maximum Gasteiger partial charge on any atom is 0.222 e. The summed E-state index contributed by atoms with van der Waals surface area (Å²) in [4.78, 5) is 16.8. The lowest BCUT2D eigenvalue weighted by atomic mass is 9.87. The highest BCUT2D eigenvalue weighted by Gasteiger charge is 2.46. The Morgan fingerprint density at radius 2 is 1.79 bits per heavy atom. The van der Waals surface area contributed by atoms with E-state index in [9.17, 15) is 9.18 Å². The second-order valence-corrected chi connectivity index (χ2v) is 8.70. The van der Waals surface area contributed by atoms with Gasteiger partial charge >= 0.3 is 0 Å². The summed E-state index contributed by atoms with van der Waals surface area (Å²) >= 11 is 0. The van der Waals surface area contributed by atoms with E-state index in [-0.39, 0.29) is 24.8 Å². The molecule has 1 fully saturated rings. The van der Waals surface area contributed by atoms with Gasteiger partial charge in [-0.25, -0.2) is 9.37 Å². The summed E-state index contributed by atoms with van der Waals surface area (Å²) in [5.74, 6) is -0.715. The SMILES string of the molecule is C=C1NCCc2cc(-c3cc(-c4ccc(C5(F)CN(C(C)=O)C5)cc4)c(F)nc3N)ccc21. The average molecular weight is 447 g/mol. The first-order valence-electron chi connectivity index (χ1n) is 10.8. The van der Waals surface area contributed by atoms with Gasteiger partial charge in [-0.05, 0) is 34.7 Å². The van der Waals surface area contributed by atoms with Crippen molar-refractivity contribution in [1.82, 2.24) is 15.2 Å². The lowest BCUT2D eigenvalue weighted by Crippen LogP contribution is -2.58. The zero-order valence-corrected chi connectivity index (χ0v) is 18.3. The van der Waals surface area contributed by atoms with Gasteiger partial charge in [0.15, 0.2) is 5.67 Å². The number of likely N-dealkylation sites (tertiary alicyclic amines) is 1. The molecular weight excluding hydrogens is 422 g/mol. The number of fused-ring (bicyclic) bond motifs is 1. The molecule has 0 aliphatic carbocycles. The number of nitrogens with one attached hydrogen (secondary N) is 1. The number of hydrogen-bond donors (Lipinski definition) is 2. The highest BCUT2D eigenvalue weighted by Crippen LogP contribution is 2.38. The molecule has 0 bridgehead atoms. The highest BCUT2D eigenvalue weighted by atomic mass is 19.1. The second kappa shape index (κ2) is 7.69. The standard InChI is InChI=1S/C26H24F2N4O/c1-15-21-8-5-18(11-19(21)9-10-30-15)23-12-22(24(27)31-25(23)29)17-3-6-20(7-4-17)26(28)13-32(14-26)16(2)33/h3-8,11-12,30H,1,9-10,13-14H2,2H3,(H2,29,31). The first-order chi connectivity index (χ1) is 15.7. The first-order valence-corrected chi connectivity index (χ1v) is 10.8. The fraction of sp³-hybridized carbons (Fsp3) is 0.231. The molecule has 7 heteroatoms. The maximum absolute atomic E-state index is 15.1. The quantitative estimate of drug-likeness (QED) is 0.589. The molecule has 3 N–H and O–H groups in total. The van der Waals surface area contributed by atoms with Crippen LogP contribution in [0.25, 0.3) is 28.0 Å². The van der Waals surface area contributed by atoms with Crippen LogP contribution in [-0.4, -0.2) is 35.4 Å². The number of anilines is 1. The van der Waals surface area contributed by atoms with E-state index in [0.29, 0.717) is 22.3 Å². The van der Waals surface area contributed by atoms with Gasteiger partial charge < -0.3 is 16.0 Å². The number of nitrogen functional groups attached to an aromatic ring is 1. The summed E-state index contributed by atoms with van der Waals surface area (Å²) in [7, 11) is 0. The van der Waals surface area contributed by atoms with Crippen LogP contribution >= 0.6 is 0 Å². The van der Waals surface area contributed by atoms with E-state index in [0.717, 1.165) is 35.4 Å². The Hall–Kier alpha value is -3.74. The van der Waals surface area contributed by atoms with Crippen LogP contribution in [0.1, 0.15) is 23.6 Å². The Kier molecular flexibility index (Phi) is 4.92. The fourth-order valence-electron chi connectivity index (χ4n) is 4.56. The molecule has 5 rings (SSSR count). The van der Waals surface area contributed by atoms with Gasteiger partial charge in [-0.1, -0.05) is 49.0 Å². The van der Waals surface area contributed by atoms with Crippen molar-refractivity contribution in [3.8, 4) is 22.3 Å². The lowest BCUT2D eigenvalue weighted by molar-refractivity contribution is -0.143. The van der Waals surface area contributed by atoms with E-state index in [1.165, 1.54) is 11.8 Å². The molecule has 3 heterocycles. The van der Waals surface area contributed by atoms with Crippen molar-refractivity contribution in [2.75, 3.05) is 25.4 Å². The van der Waals surface area contributed by atoms with Gasteiger partial charge in [0.25, 0.3) is 0 Å². The molecule has 0 spiro atoms. The fourth-order valence-corrected chi connectivity index (χ4v) is 4.56. The lowest BCUT2D eigenvalue weighted by Gasteiger charge is -2.44. The van der Waals surface area contributed by atoms with Gasteiger partial charge in [0.05, 0.1) is 13.1 Å². The number of rotatable bonds is 3. The Morgan fingerprint density at radius 1 is 1.09 bits per heavy atom. The molecule has 0 radical (unpaired) electrons.